The van der Waals surface area contributed by atoms with Crippen LogP contribution < -0.4 is 5.32 Å². The molecule has 18 heavy (non-hydrogen) atoms. The Hall–Kier alpha value is -2.56. The number of anilines is 1. The van der Waals surface area contributed by atoms with Gasteiger partial charge in [-0.15, -0.1) is 0 Å². The second-order valence-corrected chi connectivity index (χ2v) is 4.09. The van der Waals surface area contributed by atoms with E-state index in [1.165, 1.54) is 0 Å². The number of imidazole rings is 1. The van der Waals surface area contributed by atoms with Crippen molar-refractivity contribution in [2.24, 2.45) is 7.05 Å². The minimum Gasteiger partial charge on any atom is -0.351 e. The van der Waals surface area contributed by atoms with E-state index in [4.69, 9.17) is 0 Å². The van der Waals surface area contributed by atoms with Gasteiger partial charge in [-0.2, -0.15) is 0 Å². The van der Waals surface area contributed by atoms with E-state index in [1.54, 1.807) is 18.5 Å². The van der Waals surface area contributed by atoms with Crippen LogP contribution in [0.2, 0.25) is 0 Å². The van der Waals surface area contributed by atoms with Gasteiger partial charge in [0.2, 0.25) is 5.95 Å². The van der Waals surface area contributed by atoms with Crippen LogP contribution in [-0.4, -0.2) is 20.4 Å². The molecule has 1 aromatic carbocycles. The molecule has 3 aromatic rings. The van der Waals surface area contributed by atoms with Crippen molar-refractivity contribution in [1.82, 2.24) is 14.5 Å². The Morgan fingerprint density at radius 1 is 1.39 bits per heavy atom. The fourth-order valence-electron chi connectivity index (χ4n) is 1.94. The maximum Gasteiger partial charge on any atom is 0.257 e. The smallest absolute Gasteiger partial charge is 0.257 e. The minimum absolute atomic E-state index is 0.171. The molecule has 0 aliphatic carbocycles. The summed E-state index contributed by atoms with van der Waals surface area (Å²) < 4.78 is 2.02. The van der Waals surface area contributed by atoms with Crippen LogP contribution >= 0.6 is 0 Å². The predicted molar refractivity (Wildman–Crippen MR) is 69.5 cm³/mol. The zero-order valence-electron chi connectivity index (χ0n) is 9.84. The molecular formula is C13H12N4O. The number of H-pyrrole nitrogens is 1. The number of rotatable bonds is 2. The molecule has 90 valence electrons. The van der Waals surface area contributed by atoms with Gasteiger partial charge in [-0.05, 0) is 24.3 Å². The fraction of sp³-hybridized carbons (Fsp3) is 0.0769. The van der Waals surface area contributed by atoms with Gasteiger partial charge in [0.25, 0.3) is 5.91 Å². The summed E-state index contributed by atoms with van der Waals surface area (Å²) in [6.07, 6.45) is 5.23. The number of fused-ring (bicyclic) bond motifs is 1. The third kappa shape index (κ3) is 1.75. The summed E-state index contributed by atoms with van der Waals surface area (Å²) in [5.74, 6) is 0.281. The van der Waals surface area contributed by atoms with Crippen molar-refractivity contribution in [3.8, 4) is 0 Å². The normalized spacial score (nSPS) is 10.7. The largest absolute Gasteiger partial charge is 0.351 e. The summed E-state index contributed by atoms with van der Waals surface area (Å²) in [6, 6.07) is 7.60. The van der Waals surface area contributed by atoms with Crippen molar-refractivity contribution in [3.63, 3.8) is 0 Å². The molecule has 0 fully saturated rings. The topological polar surface area (TPSA) is 62.7 Å². The third-order valence-electron chi connectivity index (χ3n) is 2.88. The SMILES string of the molecule is Cn1ccc2cc(C(=O)Nc3ncc[nH]3)ccc21. The Bertz CT molecular complexity index is 697. The van der Waals surface area contributed by atoms with Gasteiger partial charge in [0.15, 0.2) is 0 Å². The summed E-state index contributed by atoms with van der Waals surface area (Å²) in [4.78, 5) is 18.8. The monoisotopic (exact) mass is 240 g/mol. The Kier molecular flexibility index (Phi) is 2.37. The number of carbonyl (C=O) groups is 1. The van der Waals surface area contributed by atoms with Crippen LogP contribution in [0.3, 0.4) is 0 Å². The number of nitrogens with one attached hydrogen (secondary N) is 2. The zero-order valence-corrected chi connectivity index (χ0v) is 9.84. The van der Waals surface area contributed by atoms with E-state index in [2.05, 4.69) is 15.3 Å². The average molecular weight is 240 g/mol. The highest BCUT2D eigenvalue weighted by molar-refractivity contribution is 6.05. The first-order chi connectivity index (χ1) is 8.74. The Labute approximate surface area is 103 Å². The highest BCUT2D eigenvalue weighted by Gasteiger charge is 2.08. The molecule has 0 bridgehead atoms. The lowest BCUT2D eigenvalue weighted by Crippen LogP contribution is -2.12. The average Bonchev–Trinajstić information content (AvgIpc) is 2.99. The van der Waals surface area contributed by atoms with Gasteiger partial charge >= 0.3 is 0 Å². The number of hydrogen-bond donors (Lipinski definition) is 2. The van der Waals surface area contributed by atoms with E-state index in [0.717, 1.165) is 10.9 Å². The molecule has 0 spiro atoms. The van der Waals surface area contributed by atoms with Gasteiger partial charge in [-0.25, -0.2) is 4.98 Å². The molecule has 3 rings (SSSR count). The molecule has 0 saturated carbocycles. The maximum absolute atomic E-state index is 12.0. The first-order valence-electron chi connectivity index (χ1n) is 5.60. The number of carbonyl (C=O) groups excluding carboxylic acids is 1. The van der Waals surface area contributed by atoms with Gasteiger partial charge < -0.3 is 9.55 Å². The summed E-state index contributed by atoms with van der Waals surface area (Å²) in [7, 11) is 1.98. The van der Waals surface area contributed by atoms with Crippen LogP contribution in [0.15, 0.2) is 42.9 Å². The van der Waals surface area contributed by atoms with Crippen LogP contribution in [0.5, 0.6) is 0 Å². The molecule has 0 atom stereocenters. The number of aromatic nitrogens is 3. The molecular weight excluding hydrogens is 228 g/mol. The van der Waals surface area contributed by atoms with E-state index >= 15 is 0 Å². The first-order valence-corrected chi connectivity index (χ1v) is 5.60. The molecule has 1 amide bonds. The van der Waals surface area contributed by atoms with Crippen LogP contribution in [-0.2, 0) is 7.05 Å². The predicted octanol–water partition coefficient (Wildman–Crippen LogP) is 2.15. The highest BCUT2D eigenvalue weighted by Crippen LogP contribution is 2.17. The summed E-state index contributed by atoms with van der Waals surface area (Å²) in [5, 5.41) is 3.74. The minimum atomic E-state index is -0.171. The summed E-state index contributed by atoms with van der Waals surface area (Å²) >= 11 is 0. The molecule has 0 unspecified atom stereocenters. The molecule has 0 saturated heterocycles. The van der Waals surface area contributed by atoms with E-state index in [9.17, 15) is 4.79 Å². The number of amides is 1. The molecule has 5 nitrogen and oxygen atoms in total. The second kappa shape index (κ2) is 4.03. The molecule has 2 heterocycles. The maximum atomic E-state index is 12.0. The molecule has 2 N–H and O–H groups in total. The number of benzene rings is 1. The lowest BCUT2D eigenvalue weighted by molar-refractivity contribution is 0.102. The Balaban J connectivity index is 1.92. The Morgan fingerprint density at radius 3 is 3.06 bits per heavy atom. The lowest BCUT2D eigenvalue weighted by Gasteiger charge is -2.03. The Morgan fingerprint density at radius 2 is 2.28 bits per heavy atom. The molecule has 0 radical (unpaired) electrons. The van der Waals surface area contributed by atoms with Crippen molar-refractivity contribution in [2.75, 3.05) is 5.32 Å². The number of hydrogen-bond acceptors (Lipinski definition) is 2. The number of nitrogens with zero attached hydrogens (tertiary/aromatic N) is 2. The zero-order chi connectivity index (χ0) is 12.5. The molecule has 5 heteroatoms. The summed E-state index contributed by atoms with van der Waals surface area (Å²) in [5.41, 5.74) is 1.72. The van der Waals surface area contributed by atoms with Gasteiger partial charge in [0.1, 0.15) is 0 Å². The van der Waals surface area contributed by atoms with Gasteiger partial charge in [-0.3, -0.25) is 10.1 Å². The molecule has 2 aromatic heterocycles. The van der Waals surface area contributed by atoms with Crippen LogP contribution in [0.4, 0.5) is 5.95 Å². The van der Waals surface area contributed by atoms with Gasteiger partial charge in [0.05, 0.1) is 0 Å². The van der Waals surface area contributed by atoms with E-state index in [1.807, 2.05) is 36.0 Å². The van der Waals surface area contributed by atoms with Crippen molar-refractivity contribution >= 4 is 22.8 Å². The molecule has 0 aliphatic heterocycles. The van der Waals surface area contributed by atoms with E-state index < -0.39 is 0 Å². The van der Waals surface area contributed by atoms with Crippen molar-refractivity contribution in [2.45, 2.75) is 0 Å². The first kappa shape index (κ1) is 10.6. The molecule has 0 aliphatic rings. The quantitative estimate of drug-likeness (QED) is 0.721. The van der Waals surface area contributed by atoms with Crippen LogP contribution in [0.25, 0.3) is 10.9 Å². The second-order valence-electron chi connectivity index (χ2n) is 4.09. The lowest BCUT2D eigenvalue weighted by atomic mass is 10.1. The van der Waals surface area contributed by atoms with E-state index in [0.29, 0.717) is 11.5 Å². The standard InChI is InChI=1S/C13H12N4O/c1-17-7-4-9-8-10(2-3-11(9)17)12(18)16-13-14-5-6-15-13/h2-8H,1H3,(H2,14,15,16,18). The highest BCUT2D eigenvalue weighted by atomic mass is 16.1. The summed E-state index contributed by atoms with van der Waals surface area (Å²) in [6.45, 7) is 0. The van der Waals surface area contributed by atoms with Crippen molar-refractivity contribution < 1.29 is 4.79 Å². The van der Waals surface area contributed by atoms with Gasteiger partial charge in [-0.1, -0.05) is 0 Å². The van der Waals surface area contributed by atoms with Crippen molar-refractivity contribution in [1.29, 1.82) is 0 Å². The van der Waals surface area contributed by atoms with Gasteiger partial charge in [0, 0.05) is 42.1 Å². The third-order valence-corrected chi connectivity index (χ3v) is 2.88. The van der Waals surface area contributed by atoms with Crippen LogP contribution in [0, 0.1) is 0 Å². The van der Waals surface area contributed by atoms with Crippen molar-refractivity contribution in [3.05, 3.63) is 48.4 Å². The van der Waals surface area contributed by atoms with Crippen LogP contribution in [0.1, 0.15) is 10.4 Å². The van der Waals surface area contributed by atoms with E-state index in [-0.39, 0.29) is 5.91 Å². The number of aryl methyl sites for hydroxylation is 1. The number of aromatic amines is 1. The fourth-order valence-corrected chi connectivity index (χ4v) is 1.94.